The molecule has 0 saturated carbocycles. The first kappa shape index (κ1) is 12.9. The molecule has 0 saturated heterocycles. The first-order valence-corrected chi connectivity index (χ1v) is 7.43. The Morgan fingerprint density at radius 2 is 2.16 bits per heavy atom. The second kappa shape index (κ2) is 4.76. The number of benzene rings is 1. The van der Waals surface area contributed by atoms with Crippen LogP contribution < -0.4 is 5.73 Å². The maximum atomic E-state index is 6.11. The standard InChI is InChI=1S/C15H18BrN3/c1-9-3-4-12(10(2)7-9)14-13-8-11(17)5-6-19(13)15(16)18-14/h3-4,7,11H,5-6,8,17H2,1-2H3. The van der Waals surface area contributed by atoms with Crippen molar-refractivity contribution in [2.75, 3.05) is 0 Å². The summed E-state index contributed by atoms with van der Waals surface area (Å²) in [5, 5.41) is 0. The highest BCUT2D eigenvalue weighted by Gasteiger charge is 2.24. The summed E-state index contributed by atoms with van der Waals surface area (Å²) in [6.07, 6.45) is 1.93. The quantitative estimate of drug-likeness (QED) is 0.877. The van der Waals surface area contributed by atoms with E-state index < -0.39 is 0 Å². The summed E-state index contributed by atoms with van der Waals surface area (Å²) >= 11 is 3.57. The van der Waals surface area contributed by atoms with Crippen molar-refractivity contribution in [3.63, 3.8) is 0 Å². The molecule has 1 atom stereocenters. The van der Waals surface area contributed by atoms with Crippen LogP contribution in [0.4, 0.5) is 0 Å². The highest BCUT2D eigenvalue weighted by atomic mass is 79.9. The summed E-state index contributed by atoms with van der Waals surface area (Å²) in [4.78, 5) is 4.71. The van der Waals surface area contributed by atoms with Crippen molar-refractivity contribution < 1.29 is 0 Å². The van der Waals surface area contributed by atoms with Crippen LogP contribution in [0.2, 0.25) is 0 Å². The van der Waals surface area contributed by atoms with E-state index in [0.717, 1.165) is 29.8 Å². The molecule has 3 rings (SSSR count). The van der Waals surface area contributed by atoms with E-state index in [0.29, 0.717) is 0 Å². The Hall–Kier alpha value is -1.13. The summed E-state index contributed by atoms with van der Waals surface area (Å²) in [7, 11) is 0. The first-order valence-electron chi connectivity index (χ1n) is 6.64. The van der Waals surface area contributed by atoms with Gasteiger partial charge in [-0.05, 0) is 41.8 Å². The van der Waals surface area contributed by atoms with E-state index in [1.807, 2.05) is 0 Å². The van der Waals surface area contributed by atoms with Crippen molar-refractivity contribution in [2.24, 2.45) is 5.73 Å². The number of hydrogen-bond donors (Lipinski definition) is 1. The Morgan fingerprint density at radius 3 is 2.89 bits per heavy atom. The number of rotatable bonds is 1. The molecule has 1 aliphatic rings. The fourth-order valence-corrected chi connectivity index (χ4v) is 3.40. The molecule has 0 bridgehead atoms. The SMILES string of the molecule is Cc1ccc(-c2nc(Br)n3c2CC(N)CC3)c(C)c1. The van der Waals surface area contributed by atoms with Crippen molar-refractivity contribution >= 4 is 15.9 Å². The van der Waals surface area contributed by atoms with Gasteiger partial charge in [-0.15, -0.1) is 0 Å². The van der Waals surface area contributed by atoms with Crippen LogP contribution in [0.1, 0.15) is 23.2 Å². The van der Waals surface area contributed by atoms with Crippen LogP contribution in [0, 0.1) is 13.8 Å². The number of aryl methyl sites for hydroxylation is 2. The molecule has 100 valence electrons. The number of nitrogens with two attached hydrogens (primary N) is 1. The Labute approximate surface area is 122 Å². The number of aromatic nitrogens is 2. The minimum atomic E-state index is 0.251. The lowest BCUT2D eigenvalue weighted by atomic mass is 9.97. The monoisotopic (exact) mass is 319 g/mol. The molecular formula is C15H18BrN3. The van der Waals surface area contributed by atoms with Gasteiger partial charge in [0.1, 0.15) is 0 Å². The van der Waals surface area contributed by atoms with E-state index in [1.165, 1.54) is 22.4 Å². The maximum Gasteiger partial charge on any atom is 0.177 e. The molecule has 2 N–H and O–H groups in total. The second-order valence-corrected chi connectivity index (χ2v) is 6.11. The van der Waals surface area contributed by atoms with E-state index in [2.05, 4.69) is 52.5 Å². The third-order valence-electron chi connectivity index (χ3n) is 3.84. The zero-order chi connectivity index (χ0) is 13.6. The lowest BCUT2D eigenvalue weighted by Crippen LogP contribution is -2.30. The van der Waals surface area contributed by atoms with Crippen LogP contribution in [0.25, 0.3) is 11.3 Å². The molecule has 1 aromatic heterocycles. The lowest BCUT2D eigenvalue weighted by molar-refractivity contribution is 0.467. The van der Waals surface area contributed by atoms with E-state index >= 15 is 0 Å². The summed E-state index contributed by atoms with van der Waals surface area (Å²) in [6, 6.07) is 6.77. The maximum absolute atomic E-state index is 6.11. The van der Waals surface area contributed by atoms with Gasteiger partial charge in [0.2, 0.25) is 0 Å². The van der Waals surface area contributed by atoms with Gasteiger partial charge in [-0.1, -0.05) is 23.8 Å². The Kier molecular flexibility index (Phi) is 3.23. The normalized spacial score (nSPS) is 18.4. The Bertz CT molecular complexity index is 631. The average molecular weight is 320 g/mol. The molecule has 0 fully saturated rings. The highest BCUT2D eigenvalue weighted by molar-refractivity contribution is 9.10. The largest absolute Gasteiger partial charge is 0.327 e. The molecular weight excluding hydrogens is 302 g/mol. The van der Waals surface area contributed by atoms with Gasteiger partial charge in [0.05, 0.1) is 5.69 Å². The van der Waals surface area contributed by atoms with E-state index in [-0.39, 0.29) is 6.04 Å². The number of fused-ring (bicyclic) bond motifs is 1. The Morgan fingerprint density at radius 1 is 1.37 bits per heavy atom. The fourth-order valence-electron chi connectivity index (χ4n) is 2.83. The summed E-state index contributed by atoms with van der Waals surface area (Å²) in [5.41, 5.74) is 12.2. The summed E-state index contributed by atoms with van der Waals surface area (Å²) in [5.74, 6) is 0. The minimum Gasteiger partial charge on any atom is -0.327 e. The number of imidazole rings is 1. The Balaban J connectivity index is 2.15. The molecule has 0 amide bonds. The van der Waals surface area contributed by atoms with Gasteiger partial charge in [0.25, 0.3) is 0 Å². The molecule has 1 aromatic carbocycles. The van der Waals surface area contributed by atoms with Gasteiger partial charge in [0, 0.05) is 30.3 Å². The molecule has 19 heavy (non-hydrogen) atoms. The smallest absolute Gasteiger partial charge is 0.177 e. The van der Waals surface area contributed by atoms with Crippen molar-refractivity contribution in [2.45, 2.75) is 39.3 Å². The molecule has 0 aliphatic carbocycles. The number of nitrogens with zero attached hydrogens (tertiary/aromatic N) is 2. The van der Waals surface area contributed by atoms with Gasteiger partial charge < -0.3 is 10.3 Å². The number of hydrogen-bond acceptors (Lipinski definition) is 2. The van der Waals surface area contributed by atoms with Gasteiger partial charge in [-0.3, -0.25) is 0 Å². The van der Waals surface area contributed by atoms with Crippen LogP contribution in [0.5, 0.6) is 0 Å². The molecule has 0 radical (unpaired) electrons. The predicted octanol–water partition coefficient (Wildman–Crippen LogP) is 3.20. The molecule has 2 heterocycles. The highest BCUT2D eigenvalue weighted by Crippen LogP contribution is 2.32. The molecule has 0 spiro atoms. The zero-order valence-corrected chi connectivity index (χ0v) is 12.9. The van der Waals surface area contributed by atoms with Gasteiger partial charge in [-0.25, -0.2) is 4.98 Å². The average Bonchev–Trinajstić information content (AvgIpc) is 2.66. The van der Waals surface area contributed by atoms with Crippen molar-refractivity contribution in [1.82, 2.24) is 9.55 Å². The van der Waals surface area contributed by atoms with Crippen molar-refractivity contribution in [3.05, 3.63) is 39.8 Å². The van der Waals surface area contributed by atoms with Crippen molar-refractivity contribution in [1.29, 1.82) is 0 Å². The first-order chi connectivity index (χ1) is 9.06. The van der Waals surface area contributed by atoms with E-state index in [9.17, 15) is 0 Å². The molecule has 4 heteroatoms. The molecule has 3 nitrogen and oxygen atoms in total. The van der Waals surface area contributed by atoms with Gasteiger partial charge in [-0.2, -0.15) is 0 Å². The zero-order valence-electron chi connectivity index (χ0n) is 11.3. The molecule has 1 aliphatic heterocycles. The lowest BCUT2D eigenvalue weighted by Gasteiger charge is -2.22. The third kappa shape index (κ3) is 2.23. The van der Waals surface area contributed by atoms with Gasteiger partial charge >= 0.3 is 0 Å². The van der Waals surface area contributed by atoms with Crippen LogP contribution in [0.3, 0.4) is 0 Å². The third-order valence-corrected chi connectivity index (χ3v) is 4.45. The molecule has 2 aromatic rings. The van der Waals surface area contributed by atoms with E-state index in [4.69, 9.17) is 10.7 Å². The topological polar surface area (TPSA) is 43.8 Å². The van der Waals surface area contributed by atoms with Crippen LogP contribution >= 0.6 is 15.9 Å². The van der Waals surface area contributed by atoms with Gasteiger partial charge in [0.15, 0.2) is 4.73 Å². The van der Waals surface area contributed by atoms with Crippen molar-refractivity contribution in [3.8, 4) is 11.3 Å². The van der Waals surface area contributed by atoms with Crippen LogP contribution in [-0.4, -0.2) is 15.6 Å². The summed E-state index contributed by atoms with van der Waals surface area (Å²) < 4.78 is 3.17. The van der Waals surface area contributed by atoms with Crippen LogP contribution in [0.15, 0.2) is 22.9 Å². The number of halogens is 1. The predicted molar refractivity (Wildman–Crippen MR) is 81.1 cm³/mol. The molecule has 1 unspecified atom stereocenters. The summed E-state index contributed by atoms with van der Waals surface area (Å²) in [6.45, 7) is 5.21. The van der Waals surface area contributed by atoms with Crippen LogP contribution in [-0.2, 0) is 13.0 Å². The minimum absolute atomic E-state index is 0.251. The fraction of sp³-hybridized carbons (Fsp3) is 0.400. The second-order valence-electron chi connectivity index (χ2n) is 5.40. The van der Waals surface area contributed by atoms with E-state index in [1.54, 1.807) is 0 Å².